The summed E-state index contributed by atoms with van der Waals surface area (Å²) in [6, 6.07) is 4.63. The van der Waals surface area contributed by atoms with Gasteiger partial charge in [0.25, 0.3) is 0 Å². The van der Waals surface area contributed by atoms with Crippen molar-refractivity contribution in [3.05, 3.63) is 28.2 Å². The minimum absolute atomic E-state index is 0.0421. The van der Waals surface area contributed by atoms with Crippen LogP contribution in [-0.4, -0.2) is 69.1 Å². The molecule has 1 aromatic carbocycles. The number of halogens is 2. The lowest BCUT2D eigenvalue weighted by atomic mass is 10.2. The van der Waals surface area contributed by atoms with Gasteiger partial charge in [-0.05, 0) is 39.0 Å². The Bertz CT molecular complexity index is 914. The topological polar surface area (TPSA) is 70.2 Å². The zero-order valence-corrected chi connectivity index (χ0v) is 20.5. The molecule has 11 heteroatoms. The van der Waals surface area contributed by atoms with Crippen molar-refractivity contribution in [3.63, 3.8) is 0 Å². The number of carbonyl (C=O) groups is 3. The lowest BCUT2D eigenvalue weighted by Crippen LogP contribution is -2.51. The van der Waals surface area contributed by atoms with Crippen molar-refractivity contribution in [2.75, 3.05) is 31.1 Å². The molecule has 0 saturated carbocycles. The minimum Gasteiger partial charge on any atom is -0.444 e. The van der Waals surface area contributed by atoms with Crippen LogP contribution in [0.3, 0.4) is 0 Å². The predicted molar refractivity (Wildman–Crippen MR) is 127 cm³/mol. The van der Waals surface area contributed by atoms with E-state index in [0.29, 0.717) is 41.2 Å². The van der Waals surface area contributed by atoms with E-state index in [2.05, 4.69) is 0 Å². The highest BCUT2D eigenvalue weighted by Crippen LogP contribution is 2.36. The van der Waals surface area contributed by atoms with Gasteiger partial charge in [-0.25, -0.2) is 9.69 Å². The predicted octanol–water partition coefficient (Wildman–Crippen LogP) is 4.20. The van der Waals surface area contributed by atoms with E-state index >= 15 is 0 Å². The first kappa shape index (κ1) is 24.1. The fraction of sp³-hybridized carbons (Fsp3) is 0.500. The Hall–Kier alpha value is -1.55. The minimum atomic E-state index is -0.615. The summed E-state index contributed by atoms with van der Waals surface area (Å²) in [5.41, 5.74) is -0.228. The zero-order valence-electron chi connectivity index (χ0n) is 17.4. The van der Waals surface area contributed by atoms with Crippen LogP contribution in [0.15, 0.2) is 18.2 Å². The molecule has 2 aliphatic rings. The van der Waals surface area contributed by atoms with E-state index in [4.69, 9.17) is 40.2 Å². The van der Waals surface area contributed by atoms with Crippen molar-refractivity contribution in [1.82, 2.24) is 9.80 Å². The molecule has 3 amide bonds. The fourth-order valence-corrected chi connectivity index (χ4v) is 5.24. The number of nitrogens with zero attached hydrogens (tertiary/aromatic N) is 3. The van der Waals surface area contributed by atoms with Gasteiger partial charge in [0.1, 0.15) is 15.2 Å². The average Bonchev–Trinajstić information content (AvgIpc) is 2.94. The number of benzene rings is 1. The van der Waals surface area contributed by atoms with Crippen LogP contribution in [0.5, 0.6) is 0 Å². The largest absolute Gasteiger partial charge is 0.444 e. The summed E-state index contributed by atoms with van der Waals surface area (Å²) in [6.07, 6.45) is -0.307. The molecule has 31 heavy (non-hydrogen) atoms. The lowest BCUT2D eigenvalue weighted by Gasteiger charge is -2.36. The second-order valence-corrected chi connectivity index (χ2v) is 10.9. The Labute approximate surface area is 200 Å². The molecule has 0 aliphatic carbocycles. The highest BCUT2D eigenvalue weighted by molar-refractivity contribution is 8.23. The first-order valence-corrected chi connectivity index (χ1v) is 11.8. The molecule has 0 bridgehead atoms. The molecule has 0 spiro atoms. The van der Waals surface area contributed by atoms with Crippen LogP contribution in [0.1, 0.15) is 27.2 Å². The van der Waals surface area contributed by atoms with E-state index < -0.39 is 10.9 Å². The molecule has 0 aromatic heterocycles. The van der Waals surface area contributed by atoms with E-state index in [0.717, 1.165) is 4.90 Å². The number of ether oxygens (including phenoxy) is 1. The van der Waals surface area contributed by atoms with Crippen molar-refractivity contribution in [3.8, 4) is 0 Å². The maximum atomic E-state index is 12.9. The number of anilines is 1. The van der Waals surface area contributed by atoms with E-state index in [1.807, 2.05) is 25.7 Å². The Balaban J connectivity index is 1.57. The number of imide groups is 1. The van der Waals surface area contributed by atoms with Crippen molar-refractivity contribution in [2.24, 2.45) is 0 Å². The molecule has 1 aromatic rings. The highest BCUT2D eigenvalue weighted by Gasteiger charge is 2.42. The van der Waals surface area contributed by atoms with Gasteiger partial charge in [-0.3, -0.25) is 9.59 Å². The van der Waals surface area contributed by atoms with E-state index in [9.17, 15) is 14.4 Å². The highest BCUT2D eigenvalue weighted by atomic mass is 35.5. The summed E-state index contributed by atoms with van der Waals surface area (Å²) in [6.45, 7) is 7.49. The number of hydrogen-bond donors (Lipinski definition) is 0. The Morgan fingerprint density at radius 2 is 1.74 bits per heavy atom. The third kappa shape index (κ3) is 5.83. The van der Waals surface area contributed by atoms with Gasteiger partial charge in [-0.1, -0.05) is 47.2 Å². The molecular formula is C20H23Cl2N3O4S2. The van der Waals surface area contributed by atoms with Gasteiger partial charge in [0.2, 0.25) is 11.8 Å². The van der Waals surface area contributed by atoms with E-state index in [-0.39, 0.29) is 29.4 Å². The quantitative estimate of drug-likeness (QED) is 0.442. The molecule has 0 unspecified atom stereocenters. The van der Waals surface area contributed by atoms with Gasteiger partial charge < -0.3 is 14.5 Å². The molecule has 0 N–H and O–H groups in total. The molecule has 1 atom stereocenters. The summed E-state index contributed by atoms with van der Waals surface area (Å²) >= 11 is 18.8. The summed E-state index contributed by atoms with van der Waals surface area (Å²) in [5.74, 6) is -0.682. The second kappa shape index (κ2) is 9.52. The van der Waals surface area contributed by atoms with Gasteiger partial charge >= 0.3 is 6.09 Å². The van der Waals surface area contributed by atoms with Gasteiger partial charge in [0.15, 0.2) is 0 Å². The van der Waals surface area contributed by atoms with Gasteiger partial charge in [-0.2, -0.15) is 0 Å². The van der Waals surface area contributed by atoms with Gasteiger partial charge in [0, 0.05) is 37.6 Å². The molecule has 0 radical (unpaired) electrons. The number of amides is 3. The number of piperazine rings is 1. The van der Waals surface area contributed by atoms with Crippen molar-refractivity contribution >= 4 is 75.1 Å². The SMILES string of the molecule is CC(C)(C)OC(=O)N1CCN(C(=S)S[C@@H]2CC(=O)N(c3ccc(Cl)cc3Cl)C2=O)CC1. The Kier molecular flexibility index (Phi) is 7.40. The molecule has 2 heterocycles. The third-order valence-corrected chi connectivity index (χ3v) is 6.89. The number of thiocarbonyl (C=S) groups is 1. The molecule has 168 valence electrons. The van der Waals surface area contributed by atoms with Crippen molar-refractivity contribution in [1.29, 1.82) is 0 Å². The van der Waals surface area contributed by atoms with Crippen LogP contribution in [-0.2, 0) is 14.3 Å². The van der Waals surface area contributed by atoms with Crippen LogP contribution < -0.4 is 4.90 Å². The standard InChI is InChI=1S/C20H23Cl2N3O4S2/c1-20(2,3)29-18(28)23-6-8-24(9-7-23)19(30)31-15-11-16(26)25(17(15)27)14-5-4-12(21)10-13(14)22/h4-5,10,15H,6-9,11H2,1-3H3/t15-/m1/s1. The molecule has 7 nitrogen and oxygen atoms in total. The first-order valence-electron chi connectivity index (χ1n) is 9.71. The average molecular weight is 504 g/mol. The maximum Gasteiger partial charge on any atom is 0.410 e. The fourth-order valence-electron chi connectivity index (χ4n) is 3.21. The Morgan fingerprint density at radius 3 is 2.32 bits per heavy atom. The molecule has 2 saturated heterocycles. The molecule has 3 rings (SSSR count). The van der Waals surface area contributed by atoms with Crippen molar-refractivity contribution < 1.29 is 19.1 Å². The van der Waals surface area contributed by atoms with Gasteiger partial charge in [0.05, 0.1) is 10.7 Å². The van der Waals surface area contributed by atoms with Crippen LogP contribution in [0, 0.1) is 0 Å². The summed E-state index contributed by atoms with van der Waals surface area (Å²) in [4.78, 5) is 42.3. The van der Waals surface area contributed by atoms with Crippen LogP contribution in [0.2, 0.25) is 10.0 Å². The smallest absolute Gasteiger partial charge is 0.410 e. The monoisotopic (exact) mass is 503 g/mol. The van der Waals surface area contributed by atoms with E-state index in [1.165, 1.54) is 17.8 Å². The normalized spacial score (nSPS) is 19.8. The summed E-state index contributed by atoms with van der Waals surface area (Å²) < 4.78 is 5.93. The summed E-state index contributed by atoms with van der Waals surface area (Å²) in [5, 5.41) is 0.0433. The van der Waals surface area contributed by atoms with E-state index in [1.54, 1.807) is 17.0 Å². The maximum absolute atomic E-state index is 12.9. The first-order chi connectivity index (χ1) is 14.5. The molecule has 2 aliphatic heterocycles. The third-order valence-electron chi connectivity index (χ3n) is 4.69. The summed E-state index contributed by atoms with van der Waals surface area (Å²) in [7, 11) is 0. The van der Waals surface area contributed by atoms with Gasteiger partial charge in [-0.15, -0.1) is 0 Å². The Morgan fingerprint density at radius 1 is 1.13 bits per heavy atom. The van der Waals surface area contributed by atoms with Crippen molar-refractivity contribution in [2.45, 2.75) is 38.0 Å². The van der Waals surface area contributed by atoms with Crippen LogP contribution >= 0.6 is 47.2 Å². The molecular weight excluding hydrogens is 481 g/mol. The van der Waals surface area contributed by atoms with Crippen LogP contribution in [0.4, 0.5) is 10.5 Å². The number of rotatable bonds is 2. The second-order valence-electron chi connectivity index (χ2n) is 8.19. The zero-order chi connectivity index (χ0) is 22.9. The molecule has 2 fully saturated rings. The number of thioether (sulfide) groups is 1. The van der Waals surface area contributed by atoms with Crippen LogP contribution in [0.25, 0.3) is 0 Å². The number of hydrogen-bond acceptors (Lipinski definition) is 6. The lowest BCUT2D eigenvalue weighted by molar-refractivity contribution is -0.121. The number of carbonyl (C=O) groups excluding carboxylic acids is 3.